The number of hydrogen-bond donors (Lipinski definition) is 3. The van der Waals surface area contributed by atoms with Gasteiger partial charge in [0.05, 0.1) is 12.1 Å². The second kappa shape index (κ2) is 4.80. The molecule has 1 unspecified atom stereocenters. The molecular weight excluding hydrogens is 270 g/mol. The molecule has 2 aliphatic carbocycles. The third kappa shape index (κ3) is 2.57. The lowest BCUT2D eigenvalue weighted by Gasteiger charge is -2.22. The maximum atomic E-state index is 12.4. The van der Waals surface area contributed by atoms with Crippen molar-refractivity contribution in [3.63, 3.8) is 0 Å². The number of Topliss-reactive ketones (excluding diaryl/α,β-unsaturated/α-hetero) is 1. The Kier molecular flexibility index (Phi) is 3.31. The van der Waals surface area contributed by atoms with E-state index in [0.29, 0.717) is 24.2 Å². The lowest BCUT2D eigenvalue weighted by Crippen LogP contribution is -2.52. The Bertz CT molecular complexity index is 498. The van der Waals surface area contributed by atoms with Gasteiger partial charge in [-0.15, -0.1) is 0 Å². The number of ketones is 1. The first-order valence-corrected chi connectivity index (χ1v) is 7.69. The Morgan fingerprint density at radius 3 is 2.48 bits per heavy atom. The third-order valence-electron chi connectivity index (χ3n) is 5.48. The van der Waals surface area contributed by atoms with Crippen molar-refractivity contribution in [1.82, 2.24) is 10.6 Å². The van der Waals surface area contributed by atoms with Crippen molar-refractivity contribution in [2.75, 3.05) is 6.54 Å². The number of amides is 2. The van der Waals surface area contributed by atoms with Crippen molar-refractivity contribution in [3.05, 3.63) is 0 Å². The van der Waals surface area contributed by atoms with Gasteiger partial charge in [0.25, 0.3) is 5.91 Å². The van der Waals surface area contributed by atoms with Crippen LogP contribution in [-0.4, -0.2) is 36.2 Å². The van der Waals surface area contributed by atoms with Gasteiger partial charge in [-0.25, -0.2) is 0 Å². The highest BCUT2D eigenvalue weighted by atomic mass is 16.2. The quantitative estimate of drug-likeness (QED) is 0.578. The Labute approximate surface area is 124 Å². The summed E-state index contributed by atoms with van der Waals surface area (Å²) < 4.78 is 0. The van der Waals surface area contributed by atoms with Crippen molar-refractivity contribution in [3.8, 4) is 0 Å². The highest BCUT2D eigenvalue weighted by molar-refractivity contribution is 6.37. The summed E-state index contributed by atoms with van der Waals surface area (Å²) in [6.07, 6.45) is 2.63. The van der Waals surface area contributed by atoms with Crippen LogP contribution in [0.1, 0.15) is 33.1 Å². The maximum absolute atomic E-state index is 12.4. The molecule has 0 aromatic carbocycles. The van der Waals surface area contributed by atoms with E-state index in [1.165, 1.54) is 0 Å². The average Bonchev–Trinajstić information content (AvgIpc) is 3.23. The number of carbonyl (C=O) groups is 3. The zero-order valence-electron chi connectivity index (χ0n) is 12.5. The number of nitrogens with two attached hydrogens (primary N) is 1. The van der Waals surface area contributed by atoms with Crippen LogP contribution in [0.15, 0.2) is 0 Å². The molecule has 0 aromatic rings. The van der Waals surface area contributed by atoms with Gasteiger partial charge < -0.3 is 16.4 Å². The fourth-order valence-electron chi connectivity index (χ4n) is 3.83. The summed E-state index contributed by atoms with van der Waals surface area (Å²) >= 11 is 0. The van der Waals surface area contributed by atoms with E-state index in [2.05, 4.69) is 24.5 Å². The minimum atomic E-state index is -0.968. The number of primary amides is 1. The molecule has 1 saturated heterocycles. The van der Waals surface area contributed by atoms with Crippen molar-refractivity contribution in [2.45, 2.75) is 45.2 Å². The van der Waals surface area contributed by atoms with Crippen LogP contribution in [0.2, 0.25) is 0 Å². The molecule has 1 heterocycles. The van der Waals surface area contributed by atoms with Gasteiger partial charge in [-0.3, -0.25) is 14.4 Å². The van der Waals surface area contributed by atoms with Crippen LogP contribution in [-0.2, 0) is 14.4 Å². The highest BCUT2D eigenvalue weighted by Gasteiger charge is 2.65. The second-order valence-corrected chi connectivity index (χ2v) is 7.31. The molecule has 0 radical (unpaired) electrons. The molecule has 0 spiro atoms. The van der Waals surface area contributed by atoms with Crippen molar-refractivity contribution < 1.29 is 14.4 Å². The number of nitrogens with one attached hydrogen (secondary N) is 2. The van der Waals surface area contributed by atoms with E-state index in [9.17, 15) is 14.4 Å². The van der Waals surface area contributed by atoms with E-state index in [0.717, 1.165) is 19.4 Å². The Morgan fingerprint density at radius 1 is 1.33 bits per heavy atom. The molecule has 1 aliphatic heterocycles. The summed E-state index contributed by atoms with van der Waals surface area (Å²) in [5.74, 6) is -0.539. The Hall–Kier alpha value is -1.43. The van der Waals surface area contributed by atoms with Crippen LogP contribution >= 0.6 is 0 Å². The van der Waals surface area contributed by atoms with Gasteiger partial charge in [-0.2, -0.15) is 0 Å². The van der Waals surface area contributed by atoms with Crippen LogP contribution in [0.5, 0.6) is 0 Å². The topological polar surface area (TPSA) is 101 Å². The fraction of sp³-hybridized carbons (Fsp3) is 0.800. The van der Waals surface area contributed by atoms with E-state index in [1.54, 1.807) is 0 Å². The molecular formula is C15H23N3O3. The summed E-state index contributed by atoms with van der Waals surface area (Å²) in [7, 11) is 0. The van der Waals surface area contributed by atoms with E-state index in [1.807, 2.05) is 0 Å². The molecule has 4 N–H and O–H groups in total. The van der Waals surface area contributed by atoms with E-state index < -0.39 is 17.7 Å². The monoisotopic (exact) mass is 293 g/mol. The molecule has 6 nitrogen and oxygen atoms in total. The largest absolute Gasteiger partial charge is 0.363 e. The second-order valence-electron chi connectivity index (χ2n) is 7.31. The van der Waals surface area contributed by atoms with Crippen LogP contribution in [0, 0.1) is 23.2 Å². The first-order valence-electron chi connectivity index (χ1n) is 7.69. The molecule has 2 amide bonds. The van der Waals surface area contributed by atoms with E-state index in [-0.39, 0.29) is 17.4 Å². The van der Waals surface area contributed by atoms with Crippen LogP contribution < -0.4 is 16.4 Å². The molecule has 3 aliphatic rings. The molecule has 0 aromatic heterocycles. The predicted octanol–water partition coefficient (Wildman–Crippen LogP) is -0.430. The number of carbonyl (C=O) groups excluding carboxylic acids is 3. The number of rotatable bonds is 6. The Balaban J connectivity index is 1.63. The third-order valence-corrected chi connectivity index (χ3v) is 5.48. The summed E-state index contributed by atoms with van der Waals surface area (Å²) in [5.41, 5.74) is 5.27. The summed E-state index contributed by atoms with van der Waals surface area (Å²) in [6, 6.07) is -1.02. The fourth-order valence-corrected chi connectivity index (χ4v) is 3.83. The molecule has 21 heavy (non-hydrogen) atoms. The lowest BCUT2D eigenvalue weighted by atomic mass is 10.0. The minimum absolute atomic E-state index is 0.173. The lowest BCUT2D eigenvalue weighted by molar-refractivity contribution is -0.138. The van der Waals surface area contributed by atoms with Crippen LogP contribution in [0.25, 0.3) is 0 Å². The molecule has 3 rings (SSSR count). The van der Waals surface area contributed by atoms with Gasteiger partial charge in [0.15, 0.2) is 0 Å². The molecule has 4 atom stereocenters. The average molecular weight is 293 g/mol. The van der Waals surface area contributed by atoms with Gasteiger partial charge in [0, 0.05) is 0 Å². The van der Waals surface area contributed by atoms with Gasteiger partial charge in [0.1, 0.15) is 0 Å². The standard InChI is InChI=1S/C15H23N3O3/c1-15(2)8-6-17-11(10(8)15)14(21)18-9(5-7-3-4-7)12(19)13(16)20/h7-11,17H,3-6H2,1-2H3,(H2,16,20)(H,18,21)/t8-,9?,10-,11-/m0/s1. The van der Waals surface area contributed by atoms with Gasteiger partial charge in [-0.1, -0.05) is 26.7 Å². The van der Waals surface area contributed by atoms with Crippen LogP contribution in [0.4, 0.5) is 0 Å². The smallest absolute Gasteiger partial charge is 0.287 e. The van der Waals surface area contributed by atoms with E-state index in [4.69, 9.17) is 5.73 Å². The summed E-state index contributed by atoms with van der Waals surface area (Å²) in [5, 5.41) is 5.97. The zero-order chi connectivity index (χ0) is 15.4. The van der Waals surface area contributed by atoms with Crippen molar-refractivity contribution >= 4 is 17.6 Å². The molecule has 6 heteroatoms. The molecule has 116 valence electrons. The number of fused-ring (bicyclic) bond motifs is 1. The van der Waals surface area contributed by atoms with Crippen LogP contribution in [0.3, 0.4) is 0 Å². The SMILES string of the molecule is CC1(C)[C@@H]2[C@@H](C(=O)NC(CC3CC3)C(=O)C(N)=O)NC[C@@H]21. The van der Waals surface area contributed by atoms with E-state index >= 15 is 0 Å². The molecule has 2 saturated carbocycles. The van der Waals surface area contributed by atoms with Gasteiger partial charge >= 0.3 is 0 Å². The highest BCUT2D eigenvalue weighted by Crippen LogP contribution is 2.62. The minimum Gasteiger partial charge on any atom is -0.363 e. The van der Waals surface area contributed by atoms with Gasteiger partial charge in [-0.05, 0) is 36.1 Å². The first-order chi connectivity index (χ1) is 9.82. The van der Waals surface area contributed by atoms with Crippen molar-refractivity contribution in [2.24, 2.45) is 28.9 Å². The van der Waals surface area contributed by atoms with Crippen molar-refractivity contribution in [1.29, 1.82) is 0 Å². The predicted molar refractivity (Wildman–Crippen MR) is 76.0 cm³/mol. The zero-order valence-corrected chi connectivity index (χ0v) is 12.5. The molecule has 0 bridgehead atoms. The Morgan fingerprint density at radius 2 is 2.00 bits per heavy atom. The number of piperidine rings is 1. The number of hydrogen-bond acceptors (Lipinski definition) is 4. The normalized spacial score (nSPS) is 33.9. The maximum Gasteiger partial charge on any atom is 0.287 e. The van der Waals surface area contributed by atoms with Gasteiger partial charge in [0.2, 0.25) is 11.7 Å². The molecule has 3 fully saturated rings. The first kappa shape index (κ1) is 14.5. The summed E-state index contributed by atoms with van der Waals surface area (Å²) in [6.45, 7) is 5.17. The summed E-state index contributed by atoms with van der Waals surface area (Å²) in [4.78, 5) is 35.4.